The predicted octanol–water partition coefficient (Wildman–Crippen LogP) is 1.23. The van der Waals surface area contributed by atoms with Gasteiger partial charge in [-0.2, -0.15) is 0 Å². The second kappa shape index (κ2) is 7.67. The van der Waals surface area contributed by atoms with Gasteiger partial charge in [-0.3, -0.25) is 0 Å². The van der Waals surface area contributed by atoms with Crippen LogP contribution in [0.5, 0.6) is 0 Å². The maximum absolute atomic E-state index is 10.8. The van der Waals surface area contributed by atoms with Crippen LogP contribution in [-0.4, -0.2) is 27.1 Å². The highest BCUT2D eigenvalue weighted by atomic mass is 32.2. The fraction of sp³-hybridized carbons (Fsp3) is 0.125. The van der Waals surface area contributed by atoms with E-state index in [0.717, 1.165) is 0 Å². The molecule has 0 amide bonds. The largest absolute Gasteiger partial charge is 0.356 e. The van der Waals surface area contributed by atoms with Crippen LogP contribution in [0.2, 0.25) is 0 Å². The van der Waals surface area contributed by atoms with Gasteiger partial charge in [0.15, 0.2) is 11.2 Å². The Kier molecular flexibility index (Phi) is 5.47. The molecule has 12 heteroatoms. The first kappa shape index (κ1) is 19.9. The van der Waals surface area contributed by atoms with E-state index >= 15 is 0 Å². The van der Waals surface area contributed by atoms with Gasteiger partial charge in [0.2, 0.25) is 20.0 Å². The molecule has 0 saturated carbocycles. The molecule has 0 atom stereocenters. The van der Waals surface area contributed by atoms with Gasteiger partial charge in [-0.15, -0.1) is 0 Å². The Balaban J connectivity index is 0.000000161. The lowest BCUT2D eigenvalue weighted by Gasteiger charge is -1.92. The standard InChI is InChI=1S/2C8H8N2O3S/c2*9-14(11,12)5-7-6-3-1-2-4-8(6)13-10-7/h2*1-4H,5H2,(H2,9,11,12). The highest BCUT2D eigenvalue weighted by molar-refractivity contribution is 7.88. The first-order valence-corrected chi connectivity index (χ1v) is 11.2. The molecule has 0 bridgehead atoms. The number of aromatic nitrogens is 2. The predicted molar refractivity (Wildman–Crippen MR) is 102 cm³/mol. The van der Waals surface area contributed by atoms with E-state index in [-0.39, 0.29) is 11.5 Å². The average molecular weight is 424 g/mol. The fourth-order valence-electron chi connectivity index (χ4n) is 2.47. The molecule has 148 valence electrons. The topological polar surface area (TPSA) is 172 Å². The monoisotopic (exact) mass is 424 g/mol. The average Bonchev–Trinajstić information content (AvgIpc) is 3.18. The fourth-order valence-corrected chi connectivity index (χ4v) is 3.64. The van der Waals surface area contributed by atoms with Gasteiger partial charge in [-0.05, 0) is 24.3 Å². The van der Waals surface area contributed by atoms with E-state index in [1.54, 1.807) is 48.5 Å². The first-order chi connectivity index (χ1) is 13.1. The smallest absolute Gasteiger partial charge is 0.214 e. The lowest BCUT2D eigenvalue weighted by Crippen LogP contribution is -2.14. The van der Waals surface area contributed by atoms with Crippen LogP contribution in [-0.2, 0) is 31.6 Å². The van der Waals surface area contributed by atoms with Crippen molar-refractivity contribution in [3.63, 3.8) is 0 Å². The van der Waals surface area contributed by atoms with Gasteiger partial charge >= 0.3 is 0 Å². The number of rotatable bonds is 4. The molecule has 0 aliphatic rings. The first-order valence-electron chi connectivity index (χ1n) is 7.80. The quantitative estimate of drug-likeness (QED) is 0.492. The van der Waals surface area contributed by atoms with Gasteiger partial charge in [0.1, 0.15) is 22.9 Å². The molecular formula is C16H16N4O6S2. The molecule has 2 aromatic carbocycles. The Morgan fingerprint density at radius 3 is 1.39 bits per heavy atom. The van der Waals surface area contributed by atoms with Gasteiger partial charge in [0.05, 0.1) is 0 Å². The van der Waals surface area contributed by atoms with Crippen LogP contribution in [0.25, 0.3) is 21.9 Å². The van der Waals surface area contributed by atoms with Gasteiger partial charge in [0.25, 0.3) is 0 Å². The summed E-state index contributed by atoms with van der Waals surface area (Å²) in [5, 5.41) is 18.5. The van der Waals surface area contributed by atoms with Crippen LogP contribution in [0, 0.1) is 0 Å². The zero-order valence-electron chi connectivity index (χ0n) is 14.3. The summed E-state index contributed by atoms with van der Waals surface area (Å²) in [6.07, 6.45) is 0. The van der Waals surface area contributed by atoms with Crippen LogP contribution in [0.3, 0.4) is 0 Å². The summed E-state index contributed by atoms with van der Waals surface area (Å²) >= 11 is 0. The zero-order valence-corrected chi connectivity index (χ0v) is 16.0. The number of nitrogens with zero attached hydrogens (tertiary/aromatic N) is 2. The normalized spacial score (nSPS) is 12.1. The van der Waals surface area contributed by atoms with Crippen LogP contribution < -0.4 is 10.3 Å². The Morgan fingerprint density at radius 1 is 0.679 bits per heavy atom. The third-order valence-electron chi connectivity index (χ3n) is 3.58. The minimum absolute atomic E-state index is 0.302. The molecule has 28 heavy (non-hydrogen) atoms. The number of nitrogens with two attached hydrogens (primary N) is 2. The van der Waals surface area contributed by atoms with Crippen LogP contribution in [0.1, 0.15) is 11.4 Å². The maximum atomic E-state index is 10.8. The Hall–Kier alpha value is -2.80. The second-order valence-electron chi connectivity index (χ2n) is 5.87. The van der Waals surface area contributed by atoms with E-state index in [9.17, 15) is 16.8 Å². The lowest BCUT2D eigenvalue weighted by atomic mass is 10.2. The molecule has 0 radical (unpaired) electrons. The Labute approximate surface area is 160 Å². The molecular weight excluding hydrogens is 408 g/mol. The molecule has 0 saturated heterocycles. The van der Waals surface area contributed by atoms with E-state index in [1.165, 1.54) is 0 Å². The summed E-state index contributed by atoms with van der Waals surface area (Å²) in [6.45, 7) is 0. The van der Waals surface area contributed by atoms with Gasteiger partial charge in [-0.25, -0.2) is 27.1 Å². The van der Waals surface area contributed by atoms with Crippen molar-refractivity contribution in [3.8, 4) is 0 Å². The molecule has 0 spiro atoms. The van der Waals surface area contributed by atoms with Crippen molar-refractivity contribution < 1.29 is 25.9 Å². The number of benzene rings is 2. The lowest BCUT2D eigenvalue weighted by molar-refractivity contribution is 0.448. The molecule has 4 aromatic rings. The van der Waals surface area contributed by atoms with Gasteiger partial charge in [-0.1, -0.05) is 34.6 Å². The van der Waals surface area contributed by atoms with E-state index in [4.69, 9.17) is 19.3 Å². The van der Waals surface area contributed by atoms with E-state index in [0.29, 0.717) is 33.3 Å². The Bertz CT molecular complexity index is 1220. The van der Waals surface area contributed by atoms with E-state index < -0.39 is 20.0 Å². The molecule has 4 N–H and O–H groups in total. The number of para-hydroxylation sites is 2. The van der Waals surface area contributed by atoms with Crippen molar-refractivity contribution in [2.24, 2.45) is 10.3 Å². The molecule has 0 aliphatic carbocycles. The van der Waals surface area contributed by atoms with Crippen LogP contribution in [0.15, 0.2) is 57.6 Å². The summed E-state index contributed by atoms with van der Waals surface area (Å²) in [5.74, 6) is -0.603. The summed E-state index contributed by atoms with van der Waals surface area (Å²) in [5.41, 5.74) is 1.82. The molecule has 2 heterocycles. The van der Waals surface area contributed by atoms with E-state index in [1.807, 2.05) is 0 Å². The highest BCUT2D eigenvalue weighted by Gasteiger charge is 2.14. The summed E-state index contributed by atoms with van der Waals surface area (Å²) in [7, 11) is -7.12. The molecule has 0 aliphatic heterocycles. The minimum atomic E-state index is -3.56. The number of sulfonamides is 2. The molecule has 4 rings (SSSR count). The van der Waals surface area contributed by atoms with Crippen molar-refractivity contribution in [2.45, 2.75) is 11.5 Å². The van der Waals surface area contributed by atoms with Crippen molar-refractivity contribution >= 4 is 42.0 Å². The summed E-state index contributed by atoms with van der Waals surface area (Å²) < 4.78 is 53.2. The highest BCUT2D eigenvalue weighted by Crippen LogP contribution is 2.19. The third kappa shape index (κ3) is 5.13. The van der Waals surface area contributed by atoms with Gasteiger partial charge in [0, 0.05) is 10.8 Å². The van der Waals surface area contributed by atoms with E-state index in [2.05, 4.69) is 10.3 Å². The van der Waals surface area contributed by atoms with Gasteiger partial charge < -0.3 is 9.05 Å². The maximum Gasteiger partial charge on any atom is 0.214 e. The number of hydrogen-bond acceptors (Lipinski definition) is 8. The molecule has 2 aromatic heterocycles. The molecule has 0 fully saturated rings. The minimum Gasteiger partial charge on any atom is -0.356 e. The van der Waals surface area contributed by atoms with Crippen LogP contribution in [0.4, 0.5) is 0 Å². The van der Waals surface area contributed by atoms with Crippen LogP contribution >= 0.6 is 0 Å². The zero-order chi connectivity index (χ0) is 20.4. The van der Waals surface area contributed by atoms with Crippen molar-refractivity contribution in [1.29, 1.82) is 0 Å². The summed E-state index contributed by atoms with van der Waals surface area (Å²) in [4.78, 5) is 0. The number of hydrogen-bond donors (Lipinski definition) is 2. The third-order valence-corrected chi connectivity index (χ3v) is 4.93. The number of primary sulfonamides is 2. The summed E-state index contributed by atoms with van der Waals surface area (Å²) in [6, 6.07) is 14.1. The van der Waals surface area contributed by atoms with Crippen molar-refractivity contribution in [1.82, 2.24) is 10.3 Å². The second-order valence-corrected chi connectivity index (χ2v) is 9.09. The molecule has 0 unspecified atom stereocenters. The number of fused-ring (bicyclic) bond motifs is 2. The molecule has 10 nitrogen and oxygen atoms in total. The van der Waals surface area contributed by atoms with Crippen molar-refractivity contribution in [3.05, 3.63) is 59.9 Å². The SMILES string of the molecule is NS(=O)(=O)Cc1noc2ccccc12.NS(=O)(=O)Cc1noc2ccccc12. The van der Waals surface area contributed by atoms with Crippen molar-refractivity contribution in [2.75, 3.05) is 0 Å². The Morgan fingerprint density at radius 2 is 1.04 bits per heavy atom.